The van der Waals surface area contributed by atoms with E-state index in [1.54, 1.807) is 0 Å². The highest BCUT2D eigenvalue weighted by Gasteiger charge is 2.51. The number of nitrogens with one attached hydrogen (secondary N) is 2. The van der Waals surface area contributed by atoms with Crippen LogP contribution in [-0.4, -0.2) is 24.5 Å². The maximum Gasteiger partial charge on any atom is 0.221 e. The Labute approximate surface area is 122 Å². The molecule has 2 N–H and O–H groups in total. The van der Waals surface area contributed by atoms with Gasteiger partial charge in [0, 0.05) is 13.0 Å². The molecule has 4 aliphatic carbocycles. The Balaban J connectivity index is 1.42. The minimum Gasteiger partial charge on any atom is -0.350 e. The highest BCUT2D eigenvalue weighted by Crippen LogP contribution is 2.61. The van der Waals surface area contributed by atoms with Crippen molar-refractivity contribution in [1.82, 2.24) is 10.6 Å². The molecule has 5 fully saturated rings. The normalized spacial score (nSPS) is 49.5. The molecule has 5 rings (SSSR count). The standard InChI is InChI=1S/C17H28N2O/c1-16(2-3-18-11-16)19-15(20)10-17-7-12-4-13(8-17)6-14(5-12)9-17/h12-14,18H,2-11H2,1H3,(H,19,20). The zero-order valence-electron chi connectivity index (χ0n) is 12.7. The molecule has 1 heterocycles. The van der Waals surface area contributed by atoms with Crippen molar-refractivity contribution in [3.63, 3.8) is 0 Å². The van der Waals surface area contributed by atoms with Gasteiger partial charge in [-0.25, -0.2) is 0 Å². The van der Waals surface area contributed by atoms with Crippen molar-refractivity contribution in [2.45, 2.75) is 63.8 Å². The van der Waals surface area contributed by atoms with Crippen LogP contribution in [0.3, 0.4) is 0 Å². The third-order valence-corrected chi connectivity index (χ3v) is 6.51. The second-order valence-electron chi connectivity index (χ2n) is 8.63. The summed E-state index contributed by atoms with van der Waals surface area (Å²) in [6, 6.07) is 0. The fourth-order valence-corrected chi connectivity index (χ4v) is 6.15. The van der Waals surface area contributed by atoms with Gasteiger partial charge in [-0.1, -0.05) is 0 Å². The van der Waals surface area contributed by atoms with Gasteiger partial charge in [0.2, 0.25) is 5.91 Å². The van der Waals surface area contributed by atoms with E-state index in [9.17, 15) is 4.79 Å². The maximum atomic E-state index is 12.5. The second-order valence-corrected chi connectivity index (χ2v) is 8.63. The van der Waals surface area contributed by atoms with Gasteiger partial charge in [-0.3, -0.25) is 4.79 Å². The summed E-state index contributed by atoms with van der Waals surface area (Å²) in [5, 5.41) is 6.69. The molecule has 0 aromatic heterocycles. The van der Waals surface area contributed by atoms with Crippen molar-refractivity contribution in [3.8, 4) is 0 Å². The molecule has 0 radical (unpaired) electrons. The average molecular weight is 276 g/mol. The minimum atomic E-state index is -0.000617. The Hall–Kier alpha value is -0.570. The van der Waals surface area contributed by atoms with E-state index in [0.29, 0.717) is 11.3 Å². The summed E-state index contributed by atoms with van der Waals surface area (Å²) in [4.78, 5) is 12.5. The van der Waals surface area contributed by atoms with Crippen LogP contribution in [0.2, 0.25) is 0 Å². The molecule has 0 spiro atoms. The van der Waals surface area contributed by atoms with Gasteiger partial charge in [-0.15, -0.1) is 0 Å². The third kappa shape index (κ3) is 2.28. The Morgan fingerprint density at radius 2 is 1.75 bits per heavy atom. The Kier molecular flexibility index (Phi) is 2.93. The lowest BCUT2D eigenvalue weighted by molar-refractivity contribution is -0.131. The Morgan fingerprint density at radius 1 is 1.15 bits per heavy atom. The average Bonchev–Trinajstić information content (AvgIpc) is 2.72. The van der Waals surface area contributed by atoms with Crippen LogP contribution < -0.4 is 10.6 Å². The maximum absolute atomic E-state index is 12.5. The van der Waals surface area contributed by atoms with Gasteiger partial charge >= 0.3 is 0 Å². The van der Waals surface area contributed by atoms with Crippen LogP contribution in [0.15, 0.2) is 0 Å². The molecule has 0 aromatic rings. The van der Waals surface area contributed by atoms with Crippen LogP contribution in [0.25, 0.3) is 0 Å². The van der Waals surface area contributed by atoms with E-state index in [4.69, 9.17) is 0 Å². The van der Waals surface area contributed by atoms with Crippen molar-refractivity contribution in [2.75, 3.05) is 13.1 Å². The molecule has 1 aliphatic heterocycles. The monoisotopic (exact) mass is 276 g/mol. The number of rotatable bonds is 3. The van der Waals surface area contributed by atoms with E-state index in [0.717, 1.165) is 43.7 Å². The van der Waals surface area contributed by atoms with Crippen LogP contribution in [0.4, 0.5) is 0 Å². The first-order valence-corrected chi connectivity index (χ1v) is 8.56. The Morgan fingerprint density at radius 3 is 2.25 bits per heavy atom. The predicted octanol–water partition coefficient (Wildman–Crippen LogP) is 2.46. The van der Waals surface area contributed by atoms with Crippen molar-refractivity contribution in [3.05, 3.63) is 0 Å². The van der Waals surface area contributed by atoms with Crippen molar-refractivity contribution in [1.29, 1.82) is 0 Å². The summed E-state index contributed by atoms with van der Waals surface area (Å²) >= 11 is 0. The highest BCUT2D eigenvalue weighted by atomic mass is 16.1. The lowest BCUT2D eigenvalue weighted by Gasteiger charge is -2.56. The molecule has 1 unspecified atom stereocenters. The number of hydrogen-bond acceptors (Lipinski definition) is 2. The smallest absolute Gasteiger partial charge is 0.221 e. The summed E-state index contributed by atoms with van der Waals surface area (Å²) in [5.41, 5.74) is 0.376. The molecule has 4 saturated carbocycles. The van der Waals surface area contributed by atoms with Gasteiger partial charge in [0.1, 0.15) is 0 Å². The molecule has 3 nitrogen and oxygen atoms in total. The van der Waals surface area contributed by atoms with Crippen LogP contribution >= 0.6 is 0 Å². The predicted molar refractivity (Wildman–Crippen MR) is 79.3 cm³/mol. The van der Waals surface area contributed by atoms with E-state index < -0.39 is 0 Å². The largest absolute Gasteiger partial charge is 0.350 e. The first-order chi connectivity index (χ1) is 9.54. The molecule has 5 aliphatic rings. The quantitative estimate of drug-likeness (QED) is 0.831. The van der Waals surface area contributed by atoms with Crippen LogP contribution in [0.1, 0.15) is 58.3 Å². The highest BCUT2D eigenvalue weighted by molar-refractivity contribution is 5.77. The van der Waals surface area contributed by atoms with E-state index in [2.05, 4.69) is 17.6 Å². The van der Waals surface area contributed by atoms with E-state index >= 15 is 0 Å². The van der Waals surface area contributed by atoms with Crippen LogP contribution in [-0.2, 0) is 4.79 Å². The Bertz CT molecular complexity index is 376. The lowest BCUT2D eigenvalue weighted by atomic mass is 9.49. The van der Waals surface area contributed by atoms with E-state index in [1.807, 2.05) is 0 Å². The molecule has 3 heteroatoms. The molecular weight excluding hydrogens is 248 g/mol. The van der Waals surface area contributed by atoms with E-state index in [1.165, 1.54) is 38.5 Å². The van der Waals surface area contributed by atoms with Crippen molar-refractivity contribution >= 4 is 5.91 Å². The third-order valence-electron chi connectivity index (χ3n) is 6.51. The zero-order valence-corrected chi connectivity index (χ0v) is 12.7. The number of carbonyl (C=O) groups is 1. The first-order valence-electron chi connectivity index (χ1n) is 8.56. The second kappa shape index (κ2) is 4.46. The van der Waals surface area contributed by atoms with Gasteiger partial charge in [0.25, 0.3) is 0 Å². The molecule has 1 atom stereocenters. The number of amides is 1. The SMILES string of the molecule is CC1(NC(=O)CC23CC4CC(CC(C4)C2)C3)CCNC1. The topological polar surface area (TPSA) is 41.1 Å². The van der Waals surface area contributed by atoms with Gasteiger partial charge in [0.15, 0.2) is 0 Å². The molecule has 0 aromatic carbocycles. The zero-order chi connectivity index (χ0) is 13.8. The molecule has 112 valence electrons. The fourth-order valence-electron chi connectivity index (χ4n) is 6.15. The van der Waals surface area contributed by atoms with E-state index in [-0.39, 0.29) is 5.54 Å². The molecule has 4 bridgehead atoms. The molecule has 1 saturated heterocycles. The summed E-state index contributed by atoms with van der Waals surface area (Å²) < 4.78 is 0. The molecule has 1 amide bonds. The van der Waals surface area contributed by atoms with Gasteiger partial charge in [0.05, 0.1) is 5.54 Å². The van der Waals surface area contributed by atoms with Gasteiger partial charge < -0.3 is 10.6 Å². The minimum absolute atomic E-state index is 0.000617. The van der Waals surface area contributed by atoms with Gasteiger partial charge in [-0.2, -0.15) is 0 Å². The molecular formula is C17H28N2O. The van der Waals surface area contributed by atoms with Crippen molar-refractivity contribution in [2.24, 2.45) is 23.2 Å². The summed E-state index contributed by atoms with van der Waals surface area (Å²) in [6.45, 7) is 4.15. The summed E-state index contributed by atoms with van der Waals surface area (Å²) in [5.74, 6) is 3.14. The van der Waals surface area contributed by atoms with Crippen molar-refractivity contribution < 1.29 is 4.79 Å². The van der Waals surface area contributed by atoms with Crippen LogP contribution in [0, 0.1) is 23.2 Å². The van der Waals surface area contributed by atoms with Gasteiger partial charge in [-0.05, 0) is 81.6 Å². The summed E-state index contributed by atoms with van der Waals surface area (Å²) in [7, 11) is 0. The molecule has 20 heavy (non-hydrogen) atoms. The number of hydrogen-bond donors (Lipinski definition) is 2. The summed E-state index contributed by atoms with van der Waals surface area (Å²) in [6.07, 6.45) is 10.3. The first kappa shape index (κ1) is 13.1. The number of carbonyl (C=O) groups excluding carboxylic acids is 1. The lowest BCUT2D eigenvalue weighted by Crippen LogP contribution is -2.52. The fraction of sp³-hybridized carbons (Fsp3) is 0.941. The van der Waals surface area contributed by atoms with Crippen LogP contribution in [0.5, 0.6) is 0 Å².